The molecule has 2 N–H and O–H groups in total. The van der Waals surface area contributed by atoms with Crippen LogP contribution in [-0.4, -0.2) is 11.9 Å². The average Bonchev–Trinajstić information content (AvgIpc) is 2.44. The Bertz CT molecular complexity index is 593. The van der Waals surface area contributed by atoms with E-state index in [9.17, 15) is 4.79 Å². The molecule has 0 heterocycles. The Morgan fingerprint density at radius 2 is 1.75 bits per heavy atom. The first-order chi connectivity index (χ1) is 9.56. The first-order valence-electron chi connectivity index (χ1n) is 6.76. The minimum absolute atomic E-state index is 0.0443. The summed E-state index contributed by atoms with van der Waals surface area (Å²) in [4.78, 5) is 12.1. The molecule has 0 fully saturated rings. The molecule has 0 aliphatic carbocycles. The molecular weight excluding hydrogens is 248 g/mol. The highest BCUT2D eigenvalue weighted by atomic mass is 16.2. The quantitative estimate of drug-likeness (QED) is 0.886. The van der Waals surface area contributed by atoms with Crippen LogP contribution in [0.4, 0.5) is 11.4 Å². The molecule has 20 heavy (non-hydrogen) atoms. The molecule has 2 aromatic rings. The van der Waals surface area contributed by atoms with E-state index in [0.717, 1.165) is 16.9 Å². The van der Waals surface area contributed by atoms with Crippen LogP contribution in [-0.2, 0) is 4.79 Å². The van der Waals surface area contributed by atoms with Crippen LogP contribution in [0.2, 0.25) is 0 Å². The lowest BCUT2D eigenvalue weighted by Gasteiger charge is -2.17. The lowest BCUT2D eigenvalue weighted by molar-refractivity contribution is -0.116. The van der Waals surface area contributed by atoms with Gasteiger partial charge in [0.25, 0.3) is 0 Å². The number of carbonyl (C=O) groups is 1. The Hall–Kier alpha value is -2.29. The number of aryl methyl sites for hydroxylation is 2. The molecule has 0 radical (unpaired) electrons. The summed E-state index contributed by atoms with van der Waals surface area (Å²) < 4.78 is 0. The highest BCUT2D eigenvalue weighted by Crippen LogP contribution is 2.17. The molecule has 3 heteroatoms. The smallest absolute Gasteiger partial charge is 0.246 e. The third-order valence-corrected chi connectivity index (χ3v) is 3.20. The molecule has 0 bridgehead atoms. The van der Waals surface area contributed by atoms with Gasteiger partial charge in [-0.25, -0.2) is 0 Å². The molecule has 1 amide bonds. The molecule has 0 aliphatic rings. The van der Waals surface area contributed by atoms with Gasteiger partial charge in [-0.15, -0.1) is 0 Å². The molecule has 0 spiro atoms. The topological polar surface area (TPSA) is 41.1 Å². The van der Waals surface area contributed by atoms with Crippen LogP contribution in [0.1, 0.15) is 18.1 Å². The summed E-state index contributed by atoms with van der Waals surface area (Å²) in [5.41, 5.74) is 4.12. The maximum Gasteiger partial charge on any atom is 0.246 e. The van der Waals surface area contributed by atoms with E-state index in [4.69, 9.17) is 0 Å². The van der Waals surface area contributed by atoms with E-state index >= 15 is 0 Å². The molecule has 0 saturated carbocycles. The van der Waals surface area contributed by atoms with Crippen LogP contribution in [0.25, 0.3) is 0 Å². The number of benzene rings is 2. The number of rotatable bonds is 4. The molecule has 104 valence electrons. The first kappa shape index (κ1) is 14.1. The van der Waals surface area contributed by atoms with Crippen molar-refractivity contribution in [1.82, 2.24) is 0 Å². The second-order valence-electron chi connectivity index (χ2n) is 5.04. The van der Waals surface area contributed by atoms with Crippen molar-refractivity contribution in [1.29, 1.82) is 0 Å². The van der Waals surface area contributed by atoms with E-state index < -0.39 is 0 Å². The van der Waals surface area contributed by atoms with Crippen molar-refractivity contribution < 1.29 is 4.79 Å². The molecule has 0 aromatic heterocycles. The summed E-state index contributed by atoms with van der Waals surface area (Å²) in [6.45, 7) is 5.93. The summed E-state index contributed by atoms with van der Waals surface area (Å²) in [6, 6.07) is 15.4. The van der Waals surface area contributed by atoms with Gasteiger partial charge in [0.05, 0.1) is 0 Å². The molecule has 0 saturated heterocycles. The third kappa shape index (κ3) is 3.60. The molecule has 2 rings (SSSR count). The van der Waals surface area contributed by atoms with Gasteiger partial charge in [0.1, 0.15) is 6.04 Å². The standard InChI is InChI=1S/C17H20N2O/c1-12-9-10-13(2)16(11-12)18-14(3)17(20)19-15-7-5-4-6-8-15/h4-11,14,18H,1-3H3,(H,19,20)/t14-/m0/s1. The Kier molecular flexibility index (Phi) is 4.41. The van der Waals surface area contributed by atoms with Gasteiger partial charge in [-0.1, -0.05) is 30.3 Å². The summed E-state index contributed by atoms with van der Waals surface area (Å²) in [5.74, 6) is -0.0443. The monoisotopic (exact) mass is 268 g/mol. The van der Waals surface area contributed by atoms with Crippen LogP contribution in [0.5, 0.6) is 0 Å². The lowest BCUT2D eigenvalue weighted by atomic mass is 10.1. The van der Waals surface area contributed by atoms with Gasteiger partial charge >= 0.3 is 0 Å². The predicted molar refractivity (Wildman–Crippen MR) is 84.1 cm³/mol. The largest absolute Gasteiger partial charge is 0.374 e. The fourth-order valence-electron chi connectivity index (χ4n) is 1.96. The SMILES string of the molecule is Cc1ccc(C)c(N[C@@H](C)C(=O)Nc2ccccc2)c1. The van der Waals surface area contributed by atoms with Crippen molar-refractivity contribution in [3.63, 3.8) is 0 Å². The Labute approximate surface area is 120 Å². The fraction of sp³-hybridized carbons (Fsp3) is 0.235. The Morgan fingerprint density at radius 1 is 1.05 bits per heavy atom. The number of amides is 1. The summed E-state index contributed by atoms with van der Waals surface area (Å²) in [7, 11) is 0. The molecule has 3 nitrogen and oxygen atoms in total. The average molecular weight is 268 g/mol. The predicted octanol–water partition coefficient (Wildman–Crippen LogP) is 3.74. The molecule has 1 atom stereocenters. The second kappa shape index (κ2) is 6.24. The maximum absolute atomic E-state index is 12.1. The van der Waals surface area contributed by atoms with Crippen molar-refractivity contribution in [3.8, 4) is 0 Å². The molecule has 0 unspecified atom stereocenters. The number of para-hydroxylation sites is 1. The summed E-state index contributed by atoms with van der Waals surface area (Å²) in [5, 5.41) is 6.15. The van der Waals surface area contributed by atoms with E-state index in [1.54, 1.807) is 0 Å². The maximum atomic E-state index is 12.1. The van der Waals surface area contributed by atoms with E-state index in [2.05, 4.69) is 28.8 Å². The van der Waals surface area contributed by atoms with Crippen molar-refractivity contribution in [2.24, 2.45) is 0 Å². The molecular formula is C17H20N2O. The van der Waals surface area contributed by atoms with Gasteiger partial charge in [0, 0.05) is 11.4 Å². The highest BCUT2D eigenvalue weighted by Gasteiger charge is 2.13. The zero-order valence-corrected chi connectivity index (χ0v) is 12.1. The molecule has 2 aromatic carbocycles. The van der Waals surface area contributed by atoms with Crippen molar-refractivity contribution >= 4 is 17.3 Å². The fourth-order valence-corrected chi connectivity index (χ4v) is 1.96. The van der Waals surface area contributed by atoms with Gasteiger partial charge in [-0.05, 0) is 50.1 Å². The van der Waals surface area contributed by atoms with Gasteiger partial charge in [0.2, 0.25) is 5.91 Å². The Balaban J connectivity index is 2.02. The zero-order chi connectivity index (χ0) is 14.5. The first-order valence-corrected chi connectivity index (χ1v) is 6.76. The number of nitrogens with one attached hydrogen (secondary N) is 2. The minimum Gasteiger partial charge on any atom is -0.374 e. The van der Waals surface area contributed by atoms with Gasteiger partial charge < -0.3 is 10.6 Å². The van der Waals surface area contributed by atoms with Crippen LogP contribution in [0.3, 0.4) is 0 Å². The highest BCUT2D eigenvalue weighted by molar-refractivity contribution is 5.96. The number of hydrogen-bond donors (Lipinski definition) is 2. The molecule has 0 aliphatic heterocycles. The van der Waals surface area contributed by atoms with Crippen molar-refractivity contribution in [2.75, 3.05) is 10.6 Å². The van der Waals surface area contributed by atoms with Crippen LogP contribution in [0, 0.1) is 13.8 Å². The number of anilines is 2. The normalized spacial score (nSPS) is 11.8. The van der Waals surface area contributed by atoms with Gasteiger partial charge in [-0.2, -0.15) is 0 Å². The van der Waals surface area contributed by atoms with Gasteiger partial charge in [0.15, 0.2) is 0 Å². The Morgan fingerprint density at radius 3 is 2.45 bits per heavy atom. The third-order valence-electron chi connectivity index (χ3n) is 3.20. The zero-order valence-electron chi connectivity index (χ0n) is 12.1. The van der Waals surface area contributed by atoms with Crippen molar-refractivity contribution in [3.05, 3.63) is 59.7 Å². The van der Waals surface area contributed by atoms with E-state index in [1.165, 1.54) is 5.56 Å². The van der Waals surface area contributed by atoms with Crippen LogP contribution < -0.4 is 10.6 Å². The number of carbonyl (C=O) groups excluding carboxylic acids is 1. The second-order valence-corrected chi connectivity index (χ2v) is 5.04. The van der Waals surface area contributed by atoms with E-state index in [1.807, 2.05) is 51.1 Å². The van der Waals surface area contributed by atoms with E-state index in [-0.39, 0.29) is 11.9 Å². The van der Waals surface area contributed by atoms with Gasteiger partial charge in [-0.3, -0.25) is 4.79 Å². The minimum atomic E-state index is -0.296. The van der Waals surface area contributed by atoms with E-state index in [0.29, 0.717) is 0 Å². The summed E-state index contributed by atoms with van der Waals surface area (Å²) in [6.07, 6.45) is 0. The lowest BCUT2D eigenvalue weighted by Crippen LogP contribution is -2.32. The van der Waals surface area contributed by atoms with Crippen molar-refractivity contribution in [2.45, 2.75) is 26.8 Å². The number of hydrogen-bond acceptors (Lipinski definition) is 2. The summed E-state index contributed by atoms with van der Waals surface area (Å²) >= 11 is 0. The van der Waals surface area contributed by atoms with Crippen LogP contribution >= 0.6 is 0 Å². The van der Waals surface area contributed by atoms with Crippen LogP contribution in [0.15, 0.2) is 48.5 Å².